The van der Waals surface area contributed by atoms with Crippen LogP contribution in [0.1, 0.15) is 0 Å². The Morgan fingerprint density at radius 1 is 1.40 bits per heavy atom. The third-order valence-corrected chi connectivity index (χ3v) is 2.37. The molecule has 0 saturated heterocycles. The van der Waals surface area contributed by atoms with Gasteiger partial charge in [0.2, 0.25) is 0 Å². The number of thioether (sulfide) groups is 1. The molecule has 0 amide bonds. The number of hydrogen-bond donors (Lipinski definition) is 1. The summed E-state index contributed by atoms with van der Waals surface area (Å²) in [5.74, 6) is 0.941. The standard InChI is InChI=1S/C8H7NS/c1-2-4-8-7(3-1)9-5-6-10-8/h1-4,9H,6H2. The van der Waals surface area contributed by atoms with Crippen LogP contribution in [0.25, 0.3) is 0 Å². The van der Waals surface area contributed by atoms with Gasteiger partial charge in [0.15, 0.2) is 0 Å². The molecule has 50 valence electrons. The fourth-order valence-corrected chi connectivity index (χ4v) is 1.69. The fraction of sp³-hybridized carbons (Fsp3) is 0.125. The maximum Gasteiger partial charge on any atom is 0.0993 e. The zero-order valence-corrected chi connectivity index (χ0v) is 6.24. The smallest absolute Gasteiger partial charge is 0.0993 e. The molecule has 0 bridgehead atoms. The van der Waals surface area contributed by atoms with E-state index >= 15 is 0 Å². The Bertz CT molecular complexity index is 209. The zero-order valence-electron chi connectivity index (χ0n) is 5.42. The Morgan fingerprint density at radius 3 is 3.20 bits per heavy atom. The van der Waals surface area contributed by atoms with E-state index in [1.165, 1.54) is 10.6 Å². The summed E-state index contributed by atoms with van der Waals surface area (Å²) in [5, 5.41) is 3.09. The van der Waals surface area contributed by atoms with Crippen molar-refractivity contribution < 1.29 is 0 Å². The van der Waals surface area contributed by atoms with Gasteiger partial charge in [-0.1, -0.05) is 12.1 Å². The molecule has 2 heteroatoms. The molecule has 0 spiro atoms. The lowest BCUT2D eigenvalue weighted by Crippen LogP contribution is -2.03. The molecule has 1 heterocycles. The summed E-state index contributed by atoms with van der Waals surface area (Å²) < 4.78 is 0. The molecule has 1 N–H and O–H groups in total. The van der Waals surface area contributed by atoms with Crippen LogP contribution in [-0.4, -0.2) is 5.75 Å². The minimum atomic E-state index is 0.941. The molecule has 2 rings (SSSR count). The second-order valence-electron chi connectivity index (χ2n) is 2.09. The summed E-state index contributed by atoms with van der Waals surface area (Å²) >= 11 is 1.82. The quantitative estimate of drug-likeness (QED) is 0.607. The van der Waals surface area contributed by atoms with E-state index in [0.29, 0.717) is 0 Å². The number of para-hydroxylation sites is 1. The second kappa shape index (κ2) is 2.54. The first-order valence-corrected chi connectivity index (χ1v) is 4.16. The van der Waals surface area contributed by atoms with Crippen LogP contribution in [-0.2, 0) is 0 Å². The summed E-state index contributed by atoms with van der Waals surface area (Å²) in [4.78, 5) is 1.32. The van der Waals surface area contributed by atoms with Gasteiger partial charge in [0, 0.05) is 16.3 Å². The molecule has 1 nitrogen and oxygen atoms in total. The largest absolute Gasteiger partial charge is 0.373 e. The number of anilines is 1. The van der Waals surface area contributed by atoms with Crippen molar-refractivity contribution in [3.8, 4) is 0 Å². The van der Waals surface area contributed by atoms with Gasteiger partial charge in [-0.15, -0.1) is 11.8 Å². The van der Waals surface area contributed by atoms with Gasteiger partial charge >= 0.3 is 0 Å². The summed E-state index contributed by atoms with van der Waals surface area (Å²) in [5.41, 5.74) is 1.18. The molecule has 1 aromatic rings. The van der Waals surface area contributed by atoms with E-state index in [-0.39, 0.29) is 0 Å². The minimum Gasteiger partial charge on any atom is -0.373 e. The first-order valence-electron chi connectivity index (χ1n) is 3.17. The van der Waals surface area contributed by atoms with E-state index < -0.39 is 0 Å². The molecular formula is C8H7NS. The number of benzene rings is 1. The minimum absolute atomic E-state index is 0.941. The van der Waals surface area contributed by atoms with Gasteiger partial charge in [0.25, 0.3) is 0 Å². The Morgan fingerprint density at radius 2 is 2.30 bits per heavy atom. The van der Waals surface area contributed by atoms with E-state index in [2.05, 4.69) is 30.1 Å². The van der Waals surface area contributed by atoms with E-state index in [1.807, 2.05) is 17.8 Å². The highest BCUT2D eigenvalue weighted by Gasteiger charge is 2.06. The number of fused-ring (bicyclic) bond motifs is 1. The molecule has 0 atom stereocenters. The van der Waals surface area contributed by atoms with Crippen molar-refractivity contribution in [3.63, 3.8) is 0 Å². The van der Waals surface area contributed by atoms with Crippen LogP contribution in [0, 0.1) is 6.54 Å². The maximum absolute atomic E-state index is 3.09. The highest BCUT2D eigenvalue weighted by atomic mass is 32.2. The van der Waals surface area contributed by atoms with Crippen LogP contribution in [0.5, 0.6) is 0 Å². The van der Waals surface area contributed by atoms with Crippen LogP contribution in [0.4, 0.5) is 5.69 Å². The van der Waals surface area contributed by atoms with E-state index in [0.717, 1.165) is 5.75 Å². The Balaban J connectivity index is 2.41. The summed E-state index contributed by atoms with van der Waals surface area (Å²) in [6.45, 7) is 3.05. The molecule has 1 aromatic carbocycles. The van der Waals surface area contributed by atoms with E-state index in [9.17, 15) is 0 Å². The SMILES string of the molecule is [C]1CSc2ccccc2N1. The molecule has 0 saturated carbocycles. The zero-order chi connectivity index (χ0) is 6.81. The third-order valence-electron chi connectivity index (χ3n) is 1.41. The topological polar surface area (TPSA) is 12.0 Å². The Hall–Kier alpha value is -0.630. The Labute approximate surface area is 64.8 Å². The lowest BCUT2D eigenvalue weighted by atomic mass is 10.3. The molecule has 1 aliphatic heterocycles. The lowest BCUT2D eigenvalue weighted by molar-refractivity contribution is 1.29. The van der Waals surface area contributed by atoms with Crippen molar-refractivity contribution in [3.05, 3.63) is 30.8 Å². The average molecular weight is 149 g/mol. The van der Waals surface area contributed by atoms with Crippen LogP contribution >= 0.6 is 11.8 Å². The first kappa shape index (κ1) is 6.10. The van der Waals surface area contributed by atoms with Crippen LogP contribution in [0.3, 0.4) is 0 Å². The van der Waals surface area contributed by atoms with Crippen LogP contribution in [0.2, 0.25) is 0 Å². The van der Waals surface area contributed by atoms with E-state index in [1.54, 1.807) is 0 Å². The Kier molecular flexibility index (Phi) is 1.55. The summed E-state index contributed by atoms with van der Waals surface area (Å²) in [6, 6.07) is 8.26. The van der Waals surface area contributed by atoms with Gasteiger partial charge < -0.3 is 5.32 Å². The molecule has 0 aliphatic carbocycles. The number of hydrogen-bond acceptors (Lipinski definition) is 2. The highest BCUT2D eigenvalue weighted by molar-refractivity contribution is 7.99. The van der Waals surface area contributed by atoms with Gasteiger partial charge in [0.05, 0.1) is 6.54 Å². The lowest BCUT2D eigenvalue weighted by Gasteiger charge is -2.14. The van der Waals surface area contributed by atoms with Gasteiger partial charge in [-0.05, 0) is 12.1 Å². The van der Waals surface area contributed by atoms with Gasteiger partial charge in [-0.3, -0.25) is 0 Å². The fourth-order valence-electron chi connectivity index (χ4n) is 0.941. The number of nitrogens with one attached hydrogen (secondary N) is 1. The first-order chi connectivity index (χ1) is 4.97. The molecule has 2 radical (unpaired) electrons. The normalized spacial score (nSPS) is 15.6. The number of rotatable bonds is 0. The molecule has 0 fully saturated rings. The van der Waals surface area contributed by atoms with Crippen molar-refractivity contribution >= 4 is 17.4 Å². The third kappa shape index (κ3) is 0.991. The highest BCUT2D eigenvalue weighted by Crippen LogP contribution is 2.30. The summed E-state index contributed by atoms with van der Waals surface area (Å²) in [7, 11) is 0. The molecular weight excluding hydrogens is 142 g/mol. The van der Waals surface area contributed by atoms with Crippen molar-refractivity contribution in [2.24, 2.45) is 0 Å². The van der Waals surface area contributed by atoms with Crippen LogP contribution in [0.15, 0.2) is 29.2 Å². The van der Waals surface area contributed by atoms with Crippen molar-refractivity contribution in [1.29, 1.82) is 0 Å². The molecule has 10 heavy (non-hydrogen) atoms. The molecule has 1 aliphatic rings. The predicted molar refractivity (Wildman–Crippen MR) is 44.0 cm³/mol. The summed E-state index contributed by atoms with van der Waals surface area (Å²) in [6.07, 6.45) is 0. The van der Waals surface area contributed by atoms with Crippen molar-refractivity contribution in [2.45, 2.75) is 4.90 Å². The van der Waals surface area contributed by atoms with E-state index in [4.69, 9.17) is 0 Å². The van der Waals surface area contributed by atoms with Gasteiger partial charge in [-0.2, -0.15) is 0 Å². The van der Waals surface area contributed by atoms with Crippen molar-refractivity contribution in [2.75, 3.05) is 11.1 Å². The van der Waals surface area contributed by atoms with Gasteiger partial charge in [-0.25, -0.2) is 0 Å². The second-order valence-corrected chi connectivity index (χ2v) is 3.10. The average Bonchev–Trinajstić information content (AvgIpc) is 2.05. The molecule has 0 aromatic heterocycles. The van der Waals surface area contributed by atoms with Crippen LogP contribution < -0.4 is 5.32 Å². The maximum atomic E-state index is 3.09. The predicted octanol–water partition coefficient (Wildman–Crippen LogP) is 2.24. The monoisotopic (exact) mass is 149 g/mol. The molecule has 0 unspecified atom stereocenters. The van der Waals surface area contributed by atoms with Crippen molar-refractivity contribution in [1.82, 2.24) is 0 Å². The van der Waals surface area contributed by atoms with Gasteiger partial charge in [0.1, 0.15) is 0 Å².